The monoisotopic (exact) mass is 336 g/mol. The van der Waals surface area contributed by atoms with Crippen LogP contribution in [0.4, 0.5) is 4.79 Å². The van der Waals surface area contributed by atoms with Gasteiger partial charge in [-0.3, -0.25) is 0 Å². The number of hydrogen-bond acceptors (Lipinski definition) is 5. The van der Waals surface area contributed by atoms with Crippen molar-refractivity contribution in [1.82, 2.24) is 20.8 Å². The largest absolute Gasteiger partial charge is 0.396 e. The minimum atomic E-state index is -0.361. The third-order valence-corrected chi connectivity index (χ3v) is 5.43. The van der Waals surface area contributed by atoms with E-state index < -0.39 is 0 Å². The molecule has 1 aromatic heterocycles. The summed E-state index contributed by atoms with van der Waals surface area (Å²) in [5.41, 5.74) is -0.193. The number of nitrogens with zero attached hydrogens (tertiary/aromatic N) is 2. The summed E-state index contributed by atoms with van der Waals surface area (Å²) < 4.78 is 5.27. The minimum absolute atomic E-state index is 0.0637. The topological polar surface area (TPSA) is 100 Å². The van der Waals surface area contributed by atoms with Gasteiger partial charge < -0.3 is 20.3 Å². The Morgan fingerprint density at radius 2 is 2.08 bits per heavy atom. The first-order valence-corrected chi connectivity index (χ1v) is 8.81. The van der Waals surface area contributed by atoms with Crippen LogP contribution in [0, 0.1) is 17.8 Å². The van der Waals surface area contributed by atoms with Crippen LogP contribution in [0.3, 0.4) is 0 Å². The molecular weight excluding hydrogens is 308 g/mol. The summed E-state index contributed by atoms with van der Waals surface area (Å²) in [5, 5.41) is 19.5. The van der Waals surface area contributed by atoms with Crippen molar-refractivity contribution in [3.8, 4) is 0 Å². The smallest absolute Gasteiger partial charge is 0.315 e. The highest BCUT2D eigenvalue weighted by Gasteiger charge is 2.47. The van der Waals surface area contributed by atoms with Crippen molar-refractivity contribution in [2.45, 2.75) is 64.5 Å². The predicted molar refractivity (Wildman–Crippen MR) is 88.3 cm³/mol. The number of nitrogens with one attached hydrogen (secondary N) is 2. The molecule has 24 heavy (non-hydrogen) atoms. The number of hydrogen-bond donors (Lipinski definition) is 3. The van der Waals surface area contributed by atoms with Gasteiger partial charge in [0.2, 0.25) is 5.89 Å². The first-order chi connectivity index (χ1) is 11.3. The molecule has 7 heteroatoms. The molecule has 3 rings (SSSR count). The van der Waals surface area contributed by atoms with E-state index in [2.05, 4.69) is 20.8 Å². The Morgan fingerprint density at radius 3 is 2.71 bits per heavy atom. The van der Waals surface area contributed by atoms with Crippen molar-refractivity contribution in [3.05, 3.63) is 11.7 Å². The van der Waals surface area contributed by atoms with Gasteiger partial charge in [-0.2, -0.15) is 4.98 Å². The van der Waals surface area contributed by atoms with Gasteiger partial charge in [0, 0.05) is 24.0 Å². The van der Waals surface area contributed by atoms with E-state index in [0.717, 1.165) is 12.8 Å². The molecular formula is C17H28N4O3. The van der Waals surface area contributed by atoms with Crippen molar-refractivity contribution in [1.29, 1.82) is 0 Å². The van der Waals surface area contributed by atoms with Crippen LogP contribution in [0.2, 0.25) is 0 Å². The lowest BCUT2D eigenvalue weighted by Gasteiger charge is -2.30. The SMILES string of the molecule is CC(NC(=O)NC1C2CCC(C2)C1CO)c1nc(C(C)(C)C)no1. The molecule has 0 saturated heterocycles. The number of amides is 2. The lowest BCUT2D eigenvalue weighted by atomic mass is 9.85. The molecule has 0 spiro atoms. The van der Waals surface area contributed by atoms with Crippen molar-refractivity contribution in [3.63, 3.8) is 0 Å². The molecule has 1 heterocycles. The average molecular weight is 336 g/mol. The Morgan fingerprint density at radius 1 is 1.38 bits per heavy atom. The minimum Gasteiger partial charge on any atom is -0.396 e. The Hall–Kier alpha value is -1.63. The second-order valence-corrected chi connectivity index (χ2v) is 8.25. The molecule has 0 aliphatic heterocycles. The van der Waals surface area contributed by atoms with Gasteiger partial charge in [0.15, 0.2) is 5.82 Å². The Kier molecular flexibility index (Phi) is 4.55. The fourth-order valence-corrected chi connectivity index (χ4v) is 4.07. The highest BCUT2D eigenvalue weighted by molar-refractivity contribution is 5.74. The normalized spacial score (nSPS) is 30.4. The second-order valence-electron chi connectivity index (χ2n) is 8.25. The summed E-state index contributed by atoms with van der Waals surface area (Å²) in [6.45, 7) is 7.99. The maximum atomic E-state index is 12.3. The molecule has 2 aliphatic rings. The van der Waals surface area contributed by atoms with Gasteiger partial charge in [0.25, 0.3) is 0 Å². The van der Waals surface area contributed by atoms with Gasteiger partial charge in [0.05, 0.1) is 0 Å². The summed E-state index contributed by atoms with van der Waals surface area (Å²) in [5.74, 6) is 2.25. The van der Waals surface area contributed by atoms with Crippen molar-refractivity contribution in [2.75, 3.05) is 6.61 Å². The zero-order valence-electron chi connectivity index (χ0n) is 14.9. The first kappa shape index (κ1) is 17.2. The summed E-state index contributed by atoms with van der Waals surface area (Å²) in [4.78, 5) is 16.7. The van der Waals surface area contributed by atoms with E-state index in [-0.39, 0.29) is 36.1 Å². The quantitative estimate of drug-likeness (QED) is 0.782. The number of rotatable bonds is 4. The molecule has 1 aromatic rings. The van der Waals surface area contributed by atoms with E-state index in [1.165, 1.54) is 6.42 Å². The van der Waals surface area contributed by atoms with Gasteiger partial charge in [-0.25, -0.2) is 4.79 Å². The van der Waals surface area contributed by atoms with Crippen LogP contribution in [-0.4, -0.2) is 33.9 Å². The zero-order chi connectivity index (χ0) is 17.5. The molecule has 0 aromatic carbocycles. The molecule has 3 N–H and O–H groups in total. The maximum Gasteiger partial charge on any atom is 0.315 e. The number of fused-ring (bicyclic) bond motifs is 2. The first-order valence-electron chi connectivity index (χ1n) is 8.81. The molecule has 134 valence electrons. The molecule has 2 amide bonds. The third kappa shape index (κ3) is 3.27. The number of urea groups is 1. The molecule has 0 radical (unpaired) electrons. The third-order valence-electron chi connectivity index (χ3n) is 5.43. The number of aliphatic hydroxyl groups is 1. The van der Waals surface area contributed by atoms with E-state index in [1.807, 2.05) is 27.7 Å². The van der Waals surface area contributed by atoms with E-state index >= 15 is 0 Å². The van der Waals surface area contributed by atoms with Gasteiger partial charge in [0.1, 0.15) is 6.04 Å². The summed E-state index contributed by atoms with van der Waals surface area (Å²) in [6.07, 6.45) is 3.42. The highest BCUT2D eigenvalue weighted by Crippen LogP contribution is 2.48. The average Bonchev–Trinajstić information content (AvgIpc) is 3.21. The molecule has 2 aliphatic carbocycles. The van der Waals surface area contributed by atoms with Crippen molar-refractivity contribution < 1.29 is 14.4 Å². The summed E-state index contributed by atoms with van der Waals surface area (Å²) >= 11 is 0. The molecule has 5 atom stereocenters. The molecule has 7 nitrogen and oxygen atoms in total. The van der Waals surface area contributed by atoms with Crippen molar-refractivity contribution in [2.24, 2.45) is 17.8 Å². The van der Waals surface area contributed by atoms with Crippen LogP contribution in [-0.2, 0) is 5.41 Å². The summed E-state index contributed by atoms with van der Waals surface area (Å²) in [6, 6.07) is -0.539. The standard InChI is InChI=1S/C17H28N4O3/c1-9(14-20-15(21-24-14)17(2,3)4)18-16(23)19-13-11-6-5-10(7-11)12(13)8-22/h9-13,22H,5-8H2,1-4H3,(H2,18,19,23). The summed E-state index contributed by atoms with van der Waals surface area (Å²) in [7, 11) is 0. The lowest BCUT2D eigenvalue weighted by molar-refractivity contribution is 0.143. The predicted octanol–water partition coefficient (Wildman–Crippen LogP) is 2.13. The van der Waals surface area contributed by atoms with Gasteiger partial charge in [-0.15, -0.1) is 0 Å². The molecule has 2 bridgehead atoms. The number of aromatic nitrogens is 2. The fourth-order valence-electron chi connectivity index (χ4n) is 4.07. The molecule has 2 saturated carbocycles. The number of carbonyl (C=O) groups is 1. The maximum absolute atomic E-state index is 12.3. The van der Waals surface area contributed by atoms with E-state index in [4.69, 9.17) is 4.52 Å². The van der Waals surface area contributed by atoms with Crippen LogP contribution in [0.1, 0.15) is 64.7 Å². The van der Waals surface area contributed by atoms with E-state index in [1.54, 1.807) is 0 Å². The van der Waals surface area contributed by atoms with Gasteiger partial charge in [-0.05, 0) is 38.0 Å². The zero-order valence-corrected chi connectivity index (χ0v) is 14.9. The molecule has 2 fully saturated rings. The molecule has 5 unspecified atom stereocenters. The number of carbonyl (C=O) groups excluding carboxylic acids is 1. The highest BCUT2D eigenvalue weighted by atomic mass is 16.5. The Balaban J connectivity index is 1.57. The number of aliphatic hydroxyl groups excluding tert-OH is 1. The van der Waals surface area contributed by atoms with Crippen LogP contribution in [0.15, 0.2) is 4.52 Å². The van der Waals surface area contributed by atoms with Crippen LogP contribution in [0.25, 0.3) is 0 Å². The van der Waals surface area contributed by atoms with Gasteiger partial charge >= 0.3 is 6.03 Å². The van der Waals surface area contributed by atoms with E-state index in [9.17, 15) is 9.90 Å². The van der Waals surface area contributed by atoms with Crippen LogP contribution < -0.4 is 10.6 Å². The van der Waals surface area contributed by atoms with Crippen LogP contribution in [0.5, 0.6) is 0 Å². The fraction of sp³-hybridized carbons (Fsp3) is 0.824. The Bertz CT molecular complexity index is 595. The van der Waals surface area contributed by atoms with Gasteiger partial charge in [-0.1, -0.05) is 25.9 Å². The second kappa shape index (κ2) is 6.35. The van der Waals surface area contributed by atoms with E-state index in [0.29, 0.717) is 23.6 Å². The Labute approximate surface area is 142 Å². The lowest BCUT2D eigenvalue weighted by Crippen LogP contribution is -2.49. The van der Waals surface area contributed by atoms with Crippen LogP contribution >= 0.6 is 0 Å². The van der Waals surface area contributed by atoms with Crippen molar-refractivity contribution >= 4 is 6.03 Å².